The first kappa shape index (κ1) is 15.1. The second kappa shape index (κ2) is 5.76. The molecule has 22 heavy (non-hydrogen) atoms. The molecule has 3 rings (SSSR count). The van der Waals surface area contributed by atoms with Crippen LogP contribution in [0.5, 0.6) is 0 Å². The molecule has 3 nitrogen and oxygen atoms in total. The van der Waals surface area contributed by atoms with Crippen LogP contribution in [0.2, 0.25) is 0 Å². The molecule has 0 N–H and O–H groups in total. The maximum absolute atomic E-state index is 13.1. The summed E-state index contributed by atoms with van der Waals surface area (Å²) in [5.74, 6) is 0.459. The molecule has 1 fully saturated rings. The molecule has 1 aliphatic carbocycles. The van der Waals surface area contributed by atoms with Crippen molar-refractivity contribution in [2.75, 3.05) is 4.31 Å². The van der Waals surface area contributed by atoms with E-state index in [4.69, 9.17) is 0 Å². The Morgan fingerprint density at radius 1 is 1.00 bits per heavy atom. The summed E-state index contributed by atoms with van der Waals surface area (Å²) in [6, 6.07) is 16.5. The summed E-state index contributed by atoms with van der Waals surface area (Å²) in [7, 11) is -3.54. The van der Waals surface area contributed by atoms with Crippen molar-refractivity contribution in [2.24, 2.45) is 5.92 Å². The summed E-state index contributed by atoms with van der Waals surface area (Å²) in [6.07, 6.45) is 2.21. The number of aryl methyl sites for hydroxylation is 1. The quantitative estimate of drug-likeness (QED) is 0.836. The van der Waals surface area contributed by atoms with Gasteiger partial charge in [0.15, 0.2) is 0 Å². The third-order valence-electron chi connectivity index (χ3n) is 4.26. The summed E-state index contributed by atoms with van der Waals surface area (Å²) in [4.78, 5) is 0.356. The van der Waals surface area contributed by atoms with Gasteiger partial charge in [-0.05, 0) is 56.9 Å². The Labute approximate surface area is 132 Å². The predicted octanol–water partition coefficient (Wildman–Crippen LogP) is 3.99. The van der Waals surface area contributed by atoms with E-state index in [0.29, 0.717) is 10.8 Å². The van der Waals surface area contributed by atoms with E-state index in [-0.39, 0.29) is 6.04 Å². The SMILES string of the molecule is Cc1ccc(S(=O)(=O)N(c2ccccc2)C(C)C2CC2)cc1. The van der Waals surface area contributed by atoms with Crippen LogP contribution in [0.1, 0.15) is 25.3 Å². The highest BCUT2D eigenvalue weighted by Crippen LogP contribution is 2.39. The lowest BCUT2D eigenvalue weighted by Gasteiger charge is -2.30. The van der Waals surface area contributed by atoms with E-state index in [1.54, 1.807) is 16.4 Å². The van der Waals surface area contributed by atoms with Crippen molar-refractivity contribution in [1.82, 2.24) is 0 Å². The van der Waals surface area contributed by atoms with Gasteiger partial charge in [-0.15, -0.1) is 0 Å². The number of benzene rings is 2. The average Bonchev–Trinajstić information content (AvgIpc) is 3.33. The van der Waals surface area contributed by atoms with Crippen molar-refractivity contribution < 1.29 is 8.42 Å². The van der Waals surface area contributed by atoms with Crippen LogP contribution >= 0.6 is 0 Å². The van der Waals surface area contributed by atoms with Crippen LogP contribution < -0.4 is 4.31 Å². The maximum Gasteiger partial charge on any atom is 0.264 e. The summed E-state index contributed by atoms with van der Waals surface area (Å²) in [5.41, 5.74) is 1.79. The largest absolute Gasteiger partial charge is 0.264 e. The predicted molar refractivity (Wildman–Crippen MR) is 89.5 cm³/mol. The highest BCUT2D eigenvalue weighted by atomic mass is 32.2. The number of anilines is 1. The molecular formula is C18H21NO2S. The van der Waals surface area contributed by atoms with Gasteiger partial charge in [0, 0.05) is 6.04 Å². The van der Waals surface area contributed by atoms with Crippen molar-refractivity contribution >= 4 is 15.7 Å². The van der Waals surface area contributed by atoms with Crippen LogP contribution in [0, 0.1) is 12.8 Å². The van der Waals surface area contributed by atoms with Crippen molar-refractivity contribution in [1.29, 1.82) is 0 Å². The van der Waals surface area contributed by atoms with Crippen molar-refractivity contribution in [3.05, 3.63) is 60.2 Å². The highest BCUT2D eigenvalue weighted by Gasteiger charge is 2.38. The molecule has 0 aliphatic heterocycles. The van der Waals surface area contributed by atoms with Crippen LogP contribution in [0.15, 0.2) is 59.5 Å². The summed E-state index contributed by atoms with van der Waals surface area (Å²) < 4.78 is 27.9. The van der Waals surface area contributed by atoms with Crippen molar-refractivity contribution in [3.63, 3.8) is 0 Å². The molecule has 0 radical (unpaired) electrons. The van der Waals surface area contributed by atoms with Crippen LogP contribution in [0.3, 0.4) is 0 Å². The van der Waals surface area contributed by atoms with E-state index in [1.165, 1.54) is 0 Å². The minimum Gasteiger partial charge on any atom is -0.263 e. The lowest BCUT2D eigenvalue weighted by molar-refractivity contribution is 0.566. The van der Waals surface area contributed by atoms with Crippen LogP contribution in [-0.4, -0.2) is 14.5 Å². The lowest BCUT2D eigenvalue weighted by atomic mass is 10.2. The van der Waals surface area contributed by atoms with Crippen molar-refractivity contribution in [2.45, 2.75) is 37.6 Å². The van der Waals surface area contributed by atoms with E-state index in [0.717, 1.165) is 24.1 Å². The van der Waals surface area contributed by atoms with Crippen LogP contribution in [0.4, 0.5) is 5.69 Å². The van der Waals surface area contributed by atoms with Gasteiger partial charge in [-0.3, -0.25) is 4.31 Å². The van der Waals surface area contributed by atoms with Gasteiger partial charge in [0.05, 0.1) is 10.6 Å². The fraction of sp³-hybridized carbons (Fsp3) is 0.333. The second-order valence-corrected chi connectivity index (χ2v) is 7.84. The van der Waals surface area contributed by atoms with Gasteiger partial charge in [-0.25, -0.2) is 8.42 Å². The molecular weight excluding hydrogens is 294 g/mol. The standard InChI is InChI=1S/C18H21NO2S/c1-14-8-12-18(13-9-14)22(20,21)19(15(2)16-10-11-16)17-6-4-3-5-7-17/h3-9,12-13,15-16H,10-11H2,1-2H3. The Morgan fingerprint density at radius 3 is 2.14 bits per heavy atom. The Balaban J connectivity index is 2.06. The van der Waals surface area contributed by atoms with Gasteiger partial charge >= 0.3 is 0 Å². The zero-order valence-corrected chi connectivity index (χ0v) is 13.8. The van der Waals surface area contributed by atoms with Crippen LogP contribution in [0.25, 0.3) is 0 Å². The first-order chi connectivity index (χ1) is 10.5. The number of rotatable bonds is 5. The molecule has 0 bridgehead atoms. The van der Waals surface area contributed by atoms with E-state index in [1.807, 2.05) is 56.3 Å². The Hall–Kier alpha value is -1.81. The number of hydrogen-bond acceptors (Lipinski definition) is 2. The Bertz CT molecular complexity index is 734. The molecule has 1 aliphatic rings. The average molecular weight is 315 g/mol. The minimum atomic E-state index is -3.54. The third-order valence-corrected chi connectivity index (χ3v) is 6.19. The second-order valence-electron chi connectivity index (χ2n) is 6.03. The number of para-hydroxylation sites is 1. The van der Waals surface area contributed by atoms with Gasteiger partial charge in [0.2, 0.25) is 0 Å². The summed E-state index contributed by atoms with van der Waals surface area (Å²) in [6.45, 7) is 3.97. The monoisotopic (exact) mass is 315 g/mol. The zero-order chi connectivity index (χ0) is 15.7. The molecule has 0 spiro atoms. The molecule has 2 aromatic rings. The number of sulfonamides is 1. The zero-order valence-electron chi connectivity index (χ0n) is 12.9. The topological polar surface area (TPSA) is 37.4 Å². The molecule has 1 unspecified atom stereocenters. The molecule has 1 atom stereocenters. The minimum absolute atomic E-state index is 0.0197. The van der Waals surface area contributed by atoms with Crippen LogP contribution in [-0.2, 0) is 10.0 Å². The maximum atomic E-state index is 13.1. The molecule has 4 heteroatoms. The fourth-order valence-electron chi connectivity index (χ4n) is 2.76. The third kappa shape index (κ3) is 2.88. The smallest absolute Gasteiger partial charge is 0.263 e. The van der Waals surface area contributed by atoms with E-state index in [2.05, 4.69) is 0 Å². The number of hydrogen-bond donors (Lipinski definition) is 0. The van der Waals surface area contributed by atoms with E-state index >= 15 is 0 Å². The van der Waals surface area contributed by atoms with Gasteiger partial charge in [-0.2, -0.15) is 0 Å². The Kier molecular flexibility index (Phi) is 3.96. The van der Waals surface area contributed by atoms with E-state index in [9.17, 15) is 8.42 Å². The normalized spacial score (nSPS) is 16.3. The first-order valence-electron chi connectivity index (χ1n) is 7.66. The lowest BCUT2D eigenvalue weighted by Crippen LogP contribution is -2.40. The van der Waals surface area contributed by atoms with Gasteiger partial charge in [0.1, 0.15) is 0 Å². The van der Waals surface area contributed by atoms with Gasteiger partial charge in [-0.1, -0.05) is 35.9 Å². The summed E-state index contributed by atoms with van der Waals surface area (Å²) in [5, 5.41) is 0. The number of nitrogens with zero attached hydrogens (tertiary/aromatic N) is 1. The molecule has 2 aromatic carbocycles. The molecule has 1 saturated carbocycles. The molecule has 0 aromatic heterocycles. The van der Waals surface area contributed by atoms with Crippen molar-refractivity contribution in [3.8, 4) is 0 Å². The molecule has 0 saturated heterocycles. The molecule has 0 amide bonds. The summed E-state index contributed by atoms with van der Waals surface area (Å²) >= 11 is 0. The fourth-order valence-corrected chi connectivity index (χ4v) is 4.48. The van der Waals surface area contributed by atoms with E-state index < -0.39 is 10.0 Å². The molecule has 116 valence electrons. The Morgan fingerprint density at radius 2 is 1.59 bits per heavy atom. The van der Waals surface area contributed by atoms with Gasteiger partial charge < -0.3 is 0 Å². The molecule has 0 heterocycles. The highest BCUT2D eigenvalue weighted by molar-refractivity contribution is 7.92. The van der Waals surface area contributed by atoms with Gasteiger partial charge in [0.25, 0.3) is 10.0 Å². The first-order valence-corrected chi connectivity index (χ1v) is 9.10.